The van der Waals surface area contributed by atoms with Crippen molar-refractivity contribution in [2.45, 2.75) is 89.5 Å². The van der Waals surface area contributed by atoms with E-state index in [2.05, 4.69) is 6.92 Å². The first-order chi connectivity index (χ1) is 10.6. The Balaban J connectivity index is 3.94. The average molecular weight is 352 g/mol. The lowest BCUT2D eigenvalue weighted by Gasteiger charge is -2.40. The van der Waals surface area contributed by atoms with Crippen LogP contribution in [0, 0.1) is 0 Å². The third kappa shape index (κ3) is 10.3. The van der Waals surface area contributed by atoms with Crippen LogP contribution >= 0.6 is 0 Å². The summed E-state index contributed by atoms with van der Waals surface area (Å²) in [6.45, 7) is 4.19. The Hall–Kier alpha value is -0.170. The van der Waals surface area contributed by atoms with E-state index in [0.29, 0.717) is 6.54 Å². The molecule has 0 aliphatic heterocycles. The predicted octanol–water partition coefficient (Wildman–Crippen LogP) is 3.24. The molecule has 0 saturated heterocycles. The second-order valence-corrected chi connectivity index (χ2v) is 8.78. The summed E-state index contributed by atoms with van der Waals surface area (Å²) in [6, 6.07) is 0. The highest BCUT2D eigenvalue weighted by Gasteiger charge is 2.37. The molecule has 0 fully saturated rings. The molecule has 0 amide bonds. The van der Waals surface area contributed by atoms with Gasteiger partial charge < -0.3 is 14.1 Å². The molecule has 6 heteroatoms. The van der Waals surface area contributed by atoms with Crippen LogP contribution in [0.5, 0.6) is 0 Å². The smallest absolute Gasteiger partial charge is 0.204 e. The van der Waals surface area contributed by atoms with Crippen molar-refractivity contribution in [1.29, 1.82) is 0 Å². The molecular weight excluding hydrogens is 314 g/mol. The highest BCUT2D eigenvalue weighted by atomic mass is 32.2. The second-order valence-electron chi connectivity index (χ2n) is 7.31. The van der Waals surface area contributed by atoms with Gasteiger partial charge in [-0.1, -0.05) is 58.3 Å². The highest BCUT2D eigenvalue weighted by Crippen LogP contribution is 2.19. The number of unbranched alkanes of at least 4 members (excludes halogenated alkanes) is 9. The Labute approximate surface area is 143 Å². The zero-order valence-corrected chi connectivity index (χ0v) is 16.3. The fraction of sp³-hybridized carbons (Fsp3) is 1.00. The van der Waals surface area contributed by atoms with E-state index in [0.717, 1.165) is 19.3 Å². The molecule has 23 heavy (non-hydrogen) atoms. The minimum Gasteiger partial charge on any atom is -0.743 e. The molecule has 0 heterocycles. The maximum Gasteiger partial charge on any atom is 0.204 e. The van der Waals surface area contributed by atoms with Gasteiger partial charge in [0.05, 0.1) is 20.6 Å². The van der Waals surface area contributed by atoms with Crippen molar-refractivity contribution in [2.75, 3.05) is 20.6 Å². The number of nitrogens with zero attached hydrogens (tertiary/aromatic N) is 1. The van der Waals surface area contributed by atoms with Crippen LogP contribution in [0.3, 0.4) is 0 Å². The number of quaternary nitrogens is 1. The van der Waals surface area contributed by atoms with Crippen LogP contribution in [0.1, 0.15) is 78.1 Å². The first-order valence-corrected chi connectivity index (χ1v) is 10.6. The average Bonchev–Trinajstić information content (AvgIpc) is 2.38. The third-order valence-corrected chi connectivity index (χ3v) is 6.04. The number of aliphatic hydroxyl groups is 1. The van der Waals surface area contributed by atoms with E-state index in [1.54, 1.807) is 14.1 Å². The summed E-state index contributed by atoms with van der Waals surface area (Å²) in [7, 11) is -1.09. The lowest BCUT2D eigenvalue weighted by molar-refractivity contribution is -0.905. The summed E-state index contributed by atoms with van der Waals surface area (Å²) in [5.41, 5.74) is 0. The first-order valence-electron chi connectivity index (χ1n) is 9.08. The molecule has 0 aromatic rings. The van der Waals surface area contributed by atoms with Crippen LogP contribution in [0.15, 0.2) is 0 Å². The zero-order valence-electron chi connectivity index (χ0n) is 15.5. The normalized spacial score (nSPS) is 15.6. The van der Waals surface area contributed by atoms with Gasteiger partial charge in [0.2, 0.25) is 5.37 Å². The van der Waals surface area contributed by atoms with Gasteiger partial charge in [-0.3, -0.25) is 0 Å². The quantitative estimate of drug-likeness (QED) is 0.296. The van der Waals surface area contributed by atoms with Crippen LogP contribution in [0.25, 0.3) is 0 Å². The molecule has 0 aliphatic carbocycles. The van der Waals surface area contributed by atoms with Gasteiger partial charge in [-0.2, -0.15) is 0 Å². The zero-order chi connectivity index (χ0) is 17.9. The Morgan fingerprint density at radius 3 is 1.65 bits per heavy atom. The van der Waals surface area contributed by atoms with Gasteiger partial charge in [-0.15, -0.1) is 0 Å². The molecule has 0 radical (unpaired) electrons. The van der Waals surface area contributed by atoms with E-state index < -0.39 is 21.6 Å². The maximum atomic E-state index is 11.4. The standard InChI is InChI=1S/C17H37NO4S/c1-5-6-7-8-9-10-11-12-13-14-15-18(3,4)17(16(2)19)23(20,21)22/h16-17,19H,5-15H2,1-4H3. The van der Waals surface area contributed by atoms with Crippen molar-refractivity contribution in [3.8, 4) is 0 Å². The molecule has 0 spiro atoms. The highest BCUT2D eigenvalue weighted by molar-refractivity contribution is 7.86. The molecule has 0 aromatic carbocycles. The third-order valence-electron chi connectivity index (χ3n) is 4.49. The Kier molecular flexibility index (Phi) is 11.3. The molecular formula is C17H37NO4S. The Bertz CT molecular complexity index is 393. The van der Waals surface area contributed by atoms with Crippen molar-refractivity contribution in [1.82, 2.24) is 0 Å². The Morgan fingerprint density at radius 1 is 0.913 bits per heavy atom. The van der Waals surface area contributed by atoms with Gasteiger partial charge in [0, 0.05) is 0 Å². The van der Waals surface area contributed by atoms with Gasteiger partial charge in [-0.25, -0.2) is 8.42 Å². The summed E-state index contributed by atoms with van der Waals surface area (Å²) in [5.74, 6) is 0. The van der Waals surface area contributed by atoms with Crippen molar-refractivity contribution in [3.05, 3.63) is 0 Å². The van der Waals surface area contributed by atoms with Crippen LogP contribution < -0.4 is 0 Å². The summed E-state index contributed by atoms with van der Waals surface area (Å²) < 4.78 is 34.1. The number of hydrogen-bond donors (Lipinski definition) is 1. The molecule has 0 bridgehead atoms. The van der Waals surface area contributed by atoms with Crippen molar-refractivity contribution >= 4 is 10.1 Å². The number of hydrogen-bond acceptors (Lipinski definition) is 4. The van der Waals surface area contributed by atoms with E-state index in [9.17, 15) is 18.1 Å². The topological polar surface area (TPSA) is 77.4 Å². The fourth-order valence-corrected chi connectivity index (χ4v) is 4.60. The molecule has 0 aromatic heterocycles. The van der Waals surface area contributed by atoms with Crippen molar-refractivity contribution in [3.63, 3.8) is 0 Å². The van der Waals surface area contributed by atoms with Crippen LogP contribution in [-0.2, 0) is 10.1 Å². The first kappa shape index (κ1) is 22.8. The Morgan fingerprint density at radius 2 is 1.30 bits per heavy atom. The van der Waals surface area contributed by atoms with Gasteiger partial charge in [0.25, 0.3) is 0 Å². The lowest BCUT2D eigenvalue weighted by atomic mass is 10.1. The number of likely N-dealkylation sites (N-methyl/N-ethyl adjacent to an activating group) is 1. The minimum atomic E-state index is -4.51. The van der Waals surface area contributed by atoms with E-state index in [4.69, 9.17) is 0 Å². The van der Waals surface area contributed by atoms with Gasteiger partial charge in [0.15, 0.2) is 10.1 Å². The molecule has 140 valence electrons. The summed E-state index contributed by atoms with van der Waals surface area (Å²) >= 11 is 0. The van der Waals surface area contributed by atoms with Crippen molar-refractivity contribution < 1.29 is 22.6 Å². The molecule has 5 nitrogen and oxygen atoms in total. The fourth-order valence-electron chi connectivity index (χ4n) is 3.31. The van der Waals surface area contributed by atoms with Crippen LogP contribution in [0.2, 0.25) is 0 Å². The van der Waals surface area contributed by atoms with Gasteiger partial charge in [0.1, 0.15) is 6.10 Å². The van der Waals surface area contributed by atoms with E-state index in [1.807, 2.05) is 0 Å². The number of rotatable bonds is 14. The van der Waals surface area contributed by atoms with E-state index >= 15 is 0 Å². The molecule has 2 atom stereocenters. The second kappa shape index (κ2) is 11.4. The summed E-state index contributed by atoms with van der Waals surface area (Å²) in [4.78, 5) is 0. The summed E-state index contributed by atoms with van der Waals surface area (Å²) in [6.07, 6.45) is 11.0. The van der Waals surface area contributed by atoms with Crippen LogP contribution in [-0.4, -0.2) is 54.7 Å². The van der Waals surface area contributed by atoms with Crippen LogP contribution in [0.4, 0.5) is 0 Å². The van der Waals surface area contributed by atoms with E-state index in [-0.39, 0.29) is 4.48 Å². The lowest BCUT2D eigenvalue weighted by Crippen LogP contribution is -2.58. The monoisotopic (exact) mass is 351 g/mol. The molecule has 0 aliphatic rings. The largest absolute Gasteiger partial charge is 0.743 e. The molecule has 2 unspecified atom stereocenters. The van der Waals surface area contributed by atoms with Gasteiger partial charge in [-0.05, 0) is 19.8 Å². The number of aliphatic hydroxyl groups excluding tert-OH is 1. The SMILES string of the molecule is CCCCCCCCCCCC[N+](C)(C)C(C(C)O)S(=O)(=O)[O-]. The maximum absolute atomic E-state index is 11.4. The molecule has 0 saturated carbocycles. The molecule has 0 rings (SSSR count). The van der Waals surface area contributed by atoms with E-state index in [1.165, 1.54) is 51.9 Å². The van der Waals surface area contributed by atoms with Crippen molar-refractivity contribution in [2.24, 2.45) is 0 Å². The minimum absolute atomic E-state index is 0.0283. The molecule has 1 N–H and O–H groups in total. The summed E-state index contributed by atoms with van der Waals surface area (Å²) in [5, 5.41) is 8.36. The predicted molar refractivity (Wildman–Crippen MR) is 94.0 cm³/mol. The van der Waals surface area contributed by atoms with Gasteiger partial charge >= 0.3 is 0 Å².